The molecule has 5 nitrogen and oxygen atoms in total. The minimum Gasteiger partial charge on any atom is -0.489 e. The molecule has 1 amide bonds. The normalized spacial score (nSPS) is 16.2. The van der Waals surface area contributed by atoms with Gasteiger partial charge in [-0.05, 0) is 48.2 Å². The summed E-state index contributed by atoms with van der Waals surface area (Å²) >= 11 is 1.36. The van der Waals surface area contributed by atoms with Crippen molar-refractivity contribution in [3.63, 3.8) is 0 Å². The summed E-state index contributed by atoms with van der Waals surface area (Å²) in [5.41, 5.74) is 2.76. The first-order valence-corrected chi connectivity index (χ1v) is 11.7. The molecule has 1 fully saturated rings. The number of benzene rings is 3. The lowest BCUT2D eigenvalue weighted by atomic mass is 10.1. The number of ether oxygens (including phenoxy) is 1. The zero-order valence-electron chi connectivity index (χ0n) is 18.5. The molecule has 0 unspecified atom stereocenters. The zero-order chi connectivity index (χ0) is 23.5. The fraction of sp³-hybridized carbons (Fsp3) is 0.111. The van der Waals surface area contributed by atoms with Gasteiger partial charge in [0, 0.05) is 29.7 Å². The summed E-state index contributed by atoms with van der Waals surface area (Å²) in [7, 11) is 1.74. The Hall–Kier alpha value is -3.84. The first-order chi connectivity index (χ1) is 16.6. The van der Waals surface area contributed by atoms with Crippen molar-refractivity contribution in [2.75, 3.05) is 13.7 Å². The molecule has 3 aromatic carbocycles. The molecule has 0 bridgehead atoms. The molecule has 1 aliphatic rings. The van der Waals surface area contributed by atoms with Crippen LogP contribution in [-0.4, -0.2) is 34.2 Å². The molecule has 0 N–H and O–H groups in total. The van der Waals surface area contributed by atoms with Crippen LogP contribution in [0.2, 0.25) is 0 Å². The number of amides is 1. The van der Waals surface area contributed by atoms with E-state index in [1.807, 2.05) is 66.9 Å². The highest BCUT2D eigenvalue weighted by Gasteiger charge is 2.30. The van der Waals surface area contributed by atoms with Gasteiger partial charge in [0.2, 0.25) is 0 Å². The van der Waals surface area contributed by atoms with Gasteiger partial charge in [-0.25, -0.2) is 9.38 Å². The summed E-state index contributed by atoms with van der Waals surface area (Å²) in [5, 5.41) is 1.68. The SMILES string of the molecule is CN1C(=O)/C(=C/c2cn(CCOc3ccccc3F)c3ccccc23)SC1=Nc1ccccc1. The van der Waals surface area contributed by atoms with E-state index >= 15 is 0 Å². The quantitative estimate of drug-likeness (QED) is 0.320. The smallest absolute Gasteiger partial charge is 0.266 e. The van der Waals surface area contributed by atoms with Gasteiger partial charge in [0.15, 0.2) is 16.7 Å². The van der Waals surface area contributed by atoms with Crippen LogP contribution >= 0.6 is 11.8 Å². The first-order valence-electron chi connectivity index (χ1n) is 10.9. The van der Waals surface area contributed by atoms with Crippen LogP contribution in [0, 0.1) is 5.82 Å². The van der Waals surface area contributed by atoms with Crippen LogP contribution in [0.1, 0.15) is 5.56 Å². The molecule has 1 saturated heterocycles. The predicted molar refractivity (Wildman–Crippen MR) is 136 cm³/mol. The van der Waals surface area contributed by atoms with E-state index in [9.17, 15) is 9.18 Å². The number of rotatable bonds is 6. The minimum atomic E-state index is -0.376. The van der Waals surface area contributed by atoms with Gasteiger partial charge in [-0.3, -0.25) is 9.69 Å². The number of carbonyl (C=O) groups excluding carboxylic acids is 1. The fourth-order valence-corrected chi connectivity index (χ4v) is 4.77. The lowest BCUT2D eigenvalue weighted by Gasteiger charge is -2.08. The van der Waals surface area contributed by atoms with Crippen molar-refractivity contribution in [1.82, 2.24) is 9.47 Å². The number of likely N-dealkylation sites (N-methyl/N-ethyl adjacent to an activating group) is 1. The number of halogens is 1. The van der Waals surface area contributed by atoms with Gasteiger partial charge in [-0.2, -0.15) is 0 Å². The van der Waals surface area contributed by atoms with E-state index in [0.717, 1.165) is 22.2 Å². The second kappa shape index (κ2) is 9.57. The third kappa shape index (κ3) is 4.47. The number of fused-ring (bicyclic) bond motifs is 1. The van der Waals surface area contributed by atoms with E-state index < -0.39 is 0 Å². The highest BCUT2D eigenvalue weighted by Crippen LogP contribution is 2.34. The second-order valence-corrected chi connectivity index (χ2v) is 8.79. The van der Waals surface area contributed by atoms with Gasteiger partial charge >= 0.3 is 0 Å². The molecular formula is C27H22FN3O2S. The highest BCUT2D eigenvalue weighted by molar-refractivity contribution is 8.18. The van der Waals surface area contributed by atoms with Gasteiger partial charge in [0.25, 0.3) is 5.91 Å². The molecule has 2 heterocycles. The van der Waals surface area contributed by atoms with Gasteiger partial charge in [-0.1, -0.05) is 48.5 Å². The number of aliphatic imine (C=N–C) groups is 1. The van der Waals surface area contributed by atoms with E-state index in [4.69, 9.17) is 4.74 Å². The number of hydrogen-bond acceptors (Lipinski definition) is 4. The summed E-state index contributed by atoms with van der Waals surface area (Å²) < 4.78 is 21.6. The molecule has 170 valence electrons. The molecule has 4 aromatic rings. The third-order valence-electron chi connectivity index (χ3n) is 5.52. The van der Waals surface area contributed by atoms with Crippen molar-refractivity contribution in [2.24, 2.45) is 4.99 Å². The molecule has 34 heavy (non-hydrogen) atoms. The van der Waals surface area contributed by atoms with Crippen molar-refractivity contribution in [2.45, 2.75) is 6.54 Å². The predicted octanol–water partition coefficient (Wildman–Crippen LogP) is 6.09. The van der Waals surface area contributed by atoms with E-state index in [-0.39, 0.29) is 17.5 Å². The number of aromatic nitrogens is 1. The lowest BCUT2D eigenvalue weighted by molar-refractivity contribution is -0.121. The van der Waals surface area contributed by atoms with Gasteiger partial charge in [0.05, 0.1) is 17.1 Å². The van der Waals surface area contributed by atoms with Crippen LogP contribution in [0.4, 0.5) is 10.1 Å². The van der Waals surface area contributed by atoms with Crippen LogP contribution in [0.5, 0.6) is 5.75 Å². The average molecular weight is 472 g/mol. The van der Waals surface area contributed by atoms with Crippen LogP contribution in [0.15, 0.2) is 95.0 Å². The Bertz CT molecular complexity index is 1410. The van der Waals surface area contributed by atoms with E-state index in [1.165, 1.54) is 17.8 Å². The van der Waals surface area contributed by atoms with Crippen LogP contribution in [0.25, 0.3) is 17.0 Å². The molecule has 1 aliphatic heterocycles. The van der Waals surface area contributed by atoms with Crippen molar-refractivity contribution in [1.29, 1.82) is 0 Å². The van der Waals surface area contributed by atoms with Crippen molar-refractivity contribution in [3.05, 3.63) is 101 Å². The maximum absolute atomic E-state index is 13.8. The molecule has 0 spiro atoms. The second-order valence-electron chi connectivity index (χ2n) is 7.78. The van der Waals surface area contributed by atoms with Crippen molar-refractivity contribution in [3.8, 4) is 5.75 Å². The Morgan fingerprint density at radius 1 is 1.00 bits per heavy atom. The number of nitrogens with zero attached hydrogens (tertiary/aromatic N) is 3. The van der Waals surface area contributed by atoms with Crippen LogP contribution in [-0.2, 0) is 11.3 Å². The summed E-state index contributed by atoms with van der Waals surface area (Å²) in [4.78, 5) is 19.7. The third-order valence-corrected chi connectivity index (χ3v) is 6.58. The van der Waals surface area contributed by atoms with Gasteiger partial charge in [-0.15, -0.1) is 0 Å². The van der Waals surface area contributed by atoms with Gasteiger partial charge in [0.1, 0.15) is 6.61 Å². The van der Waals surface area contributed by atoms with Gasteiger partial charge < -0.3 is 9.30 Å². The fourth-order valence-electron chi connectivity index (χ4n) is 3.80. The largest absolute Gasteiger partial charge is 0.489 e. The number of thioether (sulfide) groups is 1. The maximum Gasteiger partial charge on any atom is 0.266 e. The number of hydrogen-bond donors (Lipinski definition) is 0. The van der Waals surface area contributed by atoms with E-state index in [1.54, 1.807) is 30.1 Å². The minimum absolute atomic E-state index is 0.0839. The Morgan fingerprint density at radius 2 is 1.74 bits per heavy atom. The van der Waals surface area contributed by atoms with Crippen molar-refractivity contribution < 1.29 is 13.9 Å². The molecule has 1 aromatic heterocycles. The first kappa shape index (κ1) is 22.0. The molecule has 0 saturated carbocycles. The molecule has 7 heteroatoms. The van der Waals surface area contributed by atoms with Crippen molar-refractivity contribution >= 4 is 45.5 Å². The Kier molecular flexibility index (Phi) is 6.18. The molecule has 0 aliphatic carbocycles. The molecular weight excluding hydrogens is 449 g/mol. The molecule has 5 rings (SSSR count). The standard InChI is InChI=1S/C27H22FN3O2S/c1-30-26(32)25(34-27(30)29-20-9-3-2-4-10-20)17-19-18-31(23-13-7-5-11-21(19)23)15-16-33-24-14-8-6-12-22(24)28/h2-14,17-18H,15-16H2,1H3/b25-17-,29-27?. The summed E-state index contributed by atoms with van der Waals surface area (Å²) in [6.07, 6.45) is 3.91. The number of carbonyl (C=O) groups is 1. The Morgan fingerprint density at radius 3 is 2.56 bits per heavy atom. The average Bonchev–Trinajstić information content (AvgIpc) is 3.33. The summed E-state index contributed by atoms with van der Waals surface area (Å²) in [5.74, 6) is -0.221. The van der Waals surface area contributed by atoms with Crippen LogP contribution in [0.3, 0.4) is 0 Å². The zero-order valence-corrected chi connectivity index (χ0v) is 19.3. The number of amidine groups is 1. The monoisotopic (exact) mass is 471 g/mol. The van der Waals surface area contributed by atoms with E-state index in [2.05, 4.69) is 9.56 Å². The summed E-state index contributed by atoms with van der Waals surface area (Å²) in [6.45, 7) is 0.861. The molecule has 0 radical (unpaired) electrons. The maximum atomic E-state index is 13.8. The summed E-state index contributed by atoms with van der Waals surface area (Å²) in [6, 6.07) is 24.0. The lowest BCUT2D eigenvalue weighted by Crippen LogP contribution is -2.23. The Labute approximate surface area is 201 Å². The number of para-hydroxylation sites is 3. The van der Waals surface area contributed by atoms with E-state index in [0.29, 0.717) is 23.2 Å². The Balaban J connectivity index is 1.40. The van der Waals surface area contributed by atoms with Crippen LogP contribution < -0.4 is 4.74 Å². The molecule has 0 atom stereocenters. The topological polar surface area (TPSA) is 46.8 Å². The highest BCUT2D eigenvalue weighted by atomic mass is 32.2.